The van der Waals surface area contributed by atoms with Gasteiger partial charge in [-0.05, 0) is 23.7 Å². The minimum absolute atomic E-state index is 0. The van der Waals surface area contributed by atoms with Gasteiger partial charge in [0.2, 0.25) is 0 Å². The maximum atomic E-state index is 13.1. The normalized spacial score (nSPS) is 26.4. The summed E-state index contributed by atoms with van der Waals surface area (Å²) in [6.45, 7) is 14.2. The highest BCUT2D eigenvalue weighted by atomic mass is 16.7. The lowest BCUT2D eigenvalue weighted by Gasteiger charge is -2.30. The average Bonchev–Trinajstić information content (AvgIpc) is 3.31. The molecule has 0 aromatic heterocycles. The molecule has 2 saturated heterocycles. The highest BCUT2D eigenvalue weighted by molar-refractivity contribution is 5.82. The topological polar surface area (TPSA) is 146 Å². The van der Waals surface area contributed by atoms with Gasteiger partial charge in [0, 0.05) is 0 Å². The van der Waals surface area contributed by atoms with E-state index in [2.05, 4.69) is 0 Å². The first-order valence-electron chi connectivity index (χ1n) is 12.8. The summed E-state index contributed by atoms with van der Waals surface area (Å²) in [6, 6.07) is 0. The van der Waals surface area contributed by atoms with Gasteiger partial charge >= 0.3 is 23.9 Å². The molecule has 0 aromatic carbocycles. The van der Waals surface area contributed by atoms with Crippen LogP contribution in [0, 0.1) is 47.3 Å². The molecule has 10 nitrogen and oxygen atoms in total. The Morgan fingerprint density at radius 1 is 0.595 bits per heavy atom. The lowest BCUT2D eigenvalue weighted by Crippen LogP contribution is -2.43. The molecular weight excluding hydrogens is 484 g/mol. The number of carboxylic acids is 2. The third kappa shape index (κ3) is 7.44. The van der Waals surface area contributed by atoms with Crippen LogP contribution in [0.1, 0.15) is 62.8 Å². The van der Waals surface area contributed by atoms with E-state index in [0.29, 0.717) is 0 Å². The zero-order chi connectivity index (χ0) is 27.5. The van der Waals surface area contributed by atoms with Crippen molar-refractivity contribution in [1.82, 2.24) is 0 Å². The molecule has 0 bridgehead atoms. The number of carbonyl (C=O) groups excluding carboxylic acids is 2. The van der Waals surface area contributed by atoms with Crippen molar-refractivity contribution in [2.24, 2.45) is 47.3 Å². The summed E-state index contributed by atoms with van der Waals surface area (Å²) in [6.07, 6.45) is -2.87. The second kappa shape index (κ2) is 13.6. The number of aliphatic carboxylic acids is 2. The third-order valence-electron chi connectivity index (χ3n) is 7.26. The van der Waals surface area contributed by atoms with Gasteiger partial charge in [0.1, 0.15) is 12.2 Å². The first-order chi connectivity index (χ1) is 16.7. The van der Waals surface area contributed by atoms with Gasteiger partial charge in [-0.15, -0.1) is 0 Å². The van der Waals surface area contributed by atoms with Crippen LogP contribution in [0.15, 0.2) is 0 Å². The molecule has 0 saturated carbocycles. The van der Waals surface area contributed by atoms with Crippen molar-refractivity contribution in [1.29, 1.82) is 0 Å². The Bertz CT molecular complexity index is 739. The lowest BCUT2D eigenvalue weighted by molar-refractivity contribution is -0.170. The summed E-state index contributed by atoms with van der Waals surface area (Å²) in [5.41, 5.74) is 0. The van der Waals surface area contributed by atoms with Gasteiger partial charge < -0.3 is 29.2 Å². The molecule has 0 aromatic rings. The molecule has 2 aliphatic heterocycles. The van der Waals surface area contributed by atoms with Crippen molar-refractivity contribution in [3.8, 4) is 0 Å². The highest BCUT2D eigenvalue weighted by Crippen LogP contribution is 2.36. The molecule has 8 atom stereocenters. The molecule has 2 N–H and O–H groups in total. The number of carboxylic acid groups (broad SMARTS) is 2. The third-order valence-corrected chi connectivity index (χ3v) is 7.26. The Kier molecular flexibility index (Phi) is 12.0. The maximum absolute atomic E-state index is 13.1. The monoisotopic (exact) mass is 530 g/mol. The van der Waals surface area contributed by atoms with Crippen LogP contribution in [-0.2, 0) is 38.1 Å². The predicted octanol–water partition coefficient (Wildman–Crippen LogP) is 3.50. The van der Waals surface area contributed by atoms with Crippen molar-refractivity contribution in [3.63, 3.8) is 0 Å². The van der Waals surface area contributed by atoms with Gasteiger partial charge in [-0.3, -0.25) is 19.2 Å². The van der Waals surface area contributed by atoms with Crippen LogP contribution in [0.5, 0.6) is 0 Å². The minimum atomic E-state index is -1.05. The molecule has 0 spiro atoms. The Hall–Kier alpha value is -2.20. The lowest BCUT2D eigenvalue weighted by atomic mass is 9.77. The zero-order valence-corrected chi connectivity index (χ0v) is 22.5. The van der Waals surface area contributed by atoms with Crippen LogP contribution in [0.4, 0.5) is 0 Å². The van der Waals surface area contributed by atoms with E-state index >= 15 is 0 Å². The van der Waals surface area contributed by atoms with E-state index in [0.717, 1.165) is 0 Å². The molecule has 214 valence electrons. The van der Waals surface area contributed by atoms with Crippen molar-refractivity contribution in [2.75, 3.05) is 13.2 Å². The number of hydrogen-bond donors (Lipinski definition) is 2. The fourth-order valence-electron chi connectivity index (χ4n) is 5.46. The largest absolute Gasteiger partial charge is 0.481 e. The first-order valence-corrected chi connectivity index (χ1v) is 12.8. The summed E-state index contributed by atoms with van der Waals surface area (Å²) in [4.78, 5) is 49.8. The molecule has 2 aliphatic rings. The van der Waals surface area contributed by atoms with E-state index in [1.54, 1.807) is 55.4 Å². The maximum Gasteiger partial charge on any atom is 0.310 e. The van der Waals surface area contributed by atoms with E-state index in [1.165, 1.54) is 0 Å². The van der Waals surface area contributed by atoms with E-state index in [1.807, 2.05) is 0 Å². The number of fused-ring (bicyclic) bond motifs is 1. The zero-order valence-electron chi connectivity index (χ0n) is 22.5. The van der Waals surface area contributed by atoms with Gasteiger partial charge in [0.25, 0.3) is 0 Å². The van der Waals surface area contributed by atoms with Gasteiger partial charge in [0.05, 0.1) is 36.9 Å². The number of rotatable bonds is 12. The molecule has 0 radical (unpaired) electrons. The van der Waals surface area contributed by atoms with Crippen LogP contribution in [0.25, 0.3) is 0 Å². The summed E-state index contributed by atoms with van der Waals surface area (Å²) in [7, 11) is 0. The molecule has 2 fully saturated rings. The number of esters is 2. The first kappa shape index (κ1) is 32.8. The highest BCUT2D eigenvalue weighted by Gasteiger charge is 2.53. The quantitative estimate of drug-likeness (QED) is 0.359. The Morgan fingerprint density at radius 2 is 0.865 bits per heavy atom. The van der Waals surface area contributed by atoms with Gasteiger partial charge in [-0.1, -0.05) is 62.8 Å². The number of ether oxygens (including phenoxy) is 4. The molecule has 2 rings (SSSR count). The predicted molar refractivity (Wildman–Crippen MR) is 135 cm³/mol. The number of hydrogen-bond acceptors (Lipinski definition) is 8. The van der Waals surface area contributed by atoms with Crippen LogP contribution >= 0.6 is 0 Å². The molecule has 0 amide bonds. The Balaban J connectivity index is 0.00000684. The summed E-state index contributed by atoms with van der Waals surface area (Å²) in [5.74, 6) is -7.86. The smallest absolute Gasteiger partial charge is 0.310 e. The molecule has 0 aliphatic carbocycles. The average molecular weight is 531 g/mol. The van der Waals surface area contributed by atoms with Crippen molar-refractivity contribution >= 4 is 23.9 Å². The second-order valence-corrected chi connectivity index (χ2v) is 11.3. The Labute approximate surface area is 220 Å². The van der Waals surface area contributed by atoms with Crippen molar-refractivity contribution < 1.29 is 48.3 Å². The van der Waals surface area contributed by atoms with Crippen LogP contribution in [-0.4, -0.2) is 71.7 Å². The SMILES string of the molecule is C.CC(C)C(C(=O)O)C(C(=O)O[C@H]1CO[C@H]2[C@@H]1OC[C@H]2OC(=O)C(C(C)C)C(C(=O)O)C(C)C)C(C)C. The van der Waals surface area contributed by atoms with E-state index in [4.69, 9.17) is 18.9 Å². The minimum Gasteiger partial charge on any atom is -0.481 e. The van der Waals surface area contributed by atoms with Crippen LogP contribution in [0.3, 0.4) is 0 Å². The summed E-state index contributed by atoms with van der Waals surface area (Å²) >= 11 is 0. The van der Waals surface area contributed by atoms with Gasteiger partial charge in [-0.2, -0.15) is 0 Å². The standard InChI is InChI=1S/C26H42O10.CH4/c1-11(2)17(23(27)28)19(13(5)6)25(31)35-15-9-33-22-16(10-34-21(15)22)36-26(32)20(14(7)8)18(12(3)4)24(29)30;/h11-22H,9-10H2,1-8H3,(H,27,28)(H,29,30);1H4/t15-,16+,17?,18?,19?,20?,21-,22-;/m1./s1. The fourth-order valence-corrected chi connectivity index (χ4v) is 5.46. The summed E-state index contributed by atoms with van der Waals surface area (Å²) in [5, 5.41) is 19.4. The summed E-state index contributed by atoms with van der Waals surface area (Å²) < 4.78 is 23.0. The molecule has 10 heteroatoms. The van der Waals surface area contributed by atoms with Crippen LogP contribution in [0.2, 0.25) is 0 Å². The fraction of sp³-hybridized carbons (Fsp3) is 0.852. The van der Waals surface area contributed by atoms with Crippen LogP contribution < -0.4 is 0 Å². The molecule has 37 heavy (non-hydrogen) atoms. The van der Waals surface area contributed by atoms with Gasteiger partial charge in [0.15, 0.2) is 12.2 Å². The molecule has 4 unspecified atom stereocenters. The molecule has 2 heterocycles. The van der Waals surface area contributed by atoms with Gasteiger partial charge in [-0.25, -0.2) is 0 Å². The van der Waals surface area contributed by atoms with E-state index < -0.39 is 72.0 Å². The van der Waals surface area contributed by atoms with Crippen molar-refractivity contribution in [3.05, 3.63) is 0 Å². The van der Waals surface area contributed by atoms with E-state index in [9.17, 15) is 29.4 Å². The van der Waals surface area contributed by atoms with E-state index in [-0.39, 0.29) is 44.3 Å². The number of carbonyl (C=O) groups is 4. The van der Waals surface area contributed by atoms with Crippen molar-refractivity contribution in [2.45, 2.75) is 87.2 Å². The Morgan fingerprint density at radius 3 is 1.08 bits per heavy atom. The molecular formula is C27H46O10. The second-order valence-electron chi connectivity index (χ2n) is 11.3.